The predicted octanol–water partition coefficient (Wildman–Crippen LogP) is 0.909. The highest BCUT2D eigenvalue weighted by atomic mass is 31.2. The van der Waals surface area contributed by atoms with Crippen molar-refractivity contribution in [2.24, 2.45) is 10.7 Å². The molecule has 0 spiro atoms. The van der Waals surface area contributed by atoms with E-state index in [-0.39, 0.29) is 12.4 Å². The minimum atomic E-state index is -2.18. The van der Waals surface area contributed by atoms with Gasteiger partial charge >= 0.3 is 0 Å². The van der Waals surface area contributed by atoms with Crippen molar-refractivity contribution in [3.05, 3.63) is 36.6 Å². The normalized spacial score (nSPS) is 26.9. The summed E-state index contributed by atoms with van der Waals surface area (Å²) in [6.07, 6.45) is 4.03. The fraction of sp³-hybridized carbons (Fsp3) is 0.364. The average molecular weight is 287 g/mol. The number of nitrogens with zero attached hydrogens (tertiary/aromatic N) is 2. The van der Waals surface area contributed by atoms with Gasteiger partial charge in [-0.25, -0.2) is 9.38 Å². The SMILES string of the molecule is C=C1N=C(N)C=CN1C1C=C(F)C(OCP(O)O)C1. The minimum absolute atomic E-state index is 0.268. The molecule has 19 heavy (non-hydrogen) atoms. The molecule has 0 aromatic carbocycles. The smallest absolute Gasteiger partial charge is 0.192 e. The van der Waals surface area contributed by atoms with E-state index in [1.165, 1.54) is 6.08 Å². The molecule has 0 saturated heterocycles. The molecule has 0 bridgehead atoms. The van der Waals surface area contributed by atoms with E-state index in [4.69, 9.17) is 20.3 Å². The number of ether oxygens (including phenoxy) is 1. The van der Waals surface area contributed by atoms with Crippen LogP contribution in [0.3, 0.4) is 0 Å². The van der Waals surface area contributed by atoms with E-state index in [1.54, 1.807) is 17.2 Å². The Morgan fingerprint density at radius 1 is 1.63 bits per heavy atom. The van der Waals surface area contributed by atoms with Gasteiger partial charge in [0.25, 0.3) is 0 Å². The van der Waals surface area contributed by atoms with Crippen LogP contribution < -0.4 is 5.73 Å². The maximum Gasteiger partial charge on any atom is 0.192 e. The molecule has 1 aliphatic heterocycles. The summed E-state index contributed by atoms with van der Waals surface area (Å²) in [6, 6.07) is -0.269. The Labute approximate surface area is 111 Å². The molecule has 2 unspecified atom stereocenters. The number of rotatable bonds is 4. The van der Waals surface area contributed by atoms with Crippen molar-refractivity contribution in [3.63, 3.8) is 0 Å². The van der Waals surface area contributed by atoms with Crippen molar-refractivity contribution in [1.29, 1.82) is 0 Å². The van der Waals surface area contributed by atoms with Gasteiger partial charge in [-0.05, 0) is 12.2 Å². The summed E-state index contributed by atoms with van der Waals surface area (Å²) >= 11 is 0. The first-order valence-corrected chi connectivity index (χ1v) is 7.04. The molecule has 104 valence electrons. The fourth-order valence-electron chi connectivity index (χ4n) is 1.98. The molecule has 2 rings (SSSR count). The zero-order valence-corrected chi connectivity index (χ0v) is 11.0. The monoisotopic (exact) mass is 287 g/mol. The minimum Gasteiger partial charge on any atom is -0.384 e. The molecule has 1 heterocycles. The van der Waals surface area contributed by atoms with Crippen molar-refractivity contribution in [1.82, 2.24) is 4.90 Å². The highest BCUT2D eigenvalue weighted by Gasteiger charge is 2.32. The van der Waals surface area contributed by atoms with E-state index < -0.39 is 20.3 Å². The maximum absolute atomic E-state index is 13.7. The summed E-state index contributed by atoms with van der Waals surface area (Å²) in [5, 5.41) is 0. The third-order valence-electron chi connectivity index (χ3n) is 2.83. The van der Waals surface area contributed by atoms with Gasteiger partial charge in [0, 0.05) is 12.6 Å². The van der Waals surface area contributed by atoms with Gasteiger partial charge in [0.1, 0.15) is 29.9 Å². The van der Waals surface area contributed by atoms with E-state index in [9.17, 15) is 4.39 Å². The van der Waals surface area contributed by atoms with Crippen LogP contribution in [0.5, 0.6) is 0 Å². The van der Waals surface area contributed by atoms with Gasteiger partial charge in [0.15, 0.2) is 8.38 Å². The van der Waals surface area contributed by atoms with E-state index in [2.05, 4.69) is 11.6 Å². The molecule has 0 aromatic rings. The second kappa shape index (κ2) is 5.79. The van der Waals surface area contributed by atoms with Crippen LogP contribution in [0.2, 0.25) is 0 Å². The summed E-state index contributed by atoms with van der Waals surface area (Å²) in [7, 11) is -2.18. The summed E-state index contributed by atoms with van der Waals surface area (Å²) in [6.45, 7) is 3.75. The summed E-state index contributed by atoms with van der Waals surface area (Å²) in [5.74, 6) is 0.356. The molecule has 1 aliphatic carbocycles. The zero-order valence-electron chi connectivity index (χ0n) is 10.1. The summed E-state index contributed by atoms with van der Waals surface area (Å²) in [5.41, 5.74) is 5.53. The Kier molecular flexibility index (Phi) is 4.31. The highest BCUT2D eigenvalue weighted by molar-refractivity contribution is 7.44. The molecule has 0 saturated carbocycles. The molecule has 6 nitrogen and oxygen atoms in total. The van der Waals surface area contributed by atoms with Crippen molar-refractivity contribution < 1.29 is 18.9 Å². The number of amidine groups is 1. The van der Waals surface area contributed by atoms with Crippen LogP contribution in [-0.2, 0) is 4.74 Å². The molecule has 2 aliphatic rings. The van der Waals surface area contributed by atoms with Gasteiger partial charge < -0.3 is 25.2 Å². The third kappa shape index (κ3) is 3.39. The molecule has 8 heteroatoms. The Morgan fingerprint density at radius 3 is 3.00 bits per heavy atom. The van der Waals surface area contributed by atoms with Crippen LogP contribution in [0, 0.1) is 0 Å². The first-order valence-electron chi connectivity index (χ1n) is 5.61. The van der Waals surface area contributed by atoms with Gasteiger partial charge in [-0.3, -0.25) is 0 Å². The second-order valence-electron chi connectivity index (χ2n) is 4.19. The summed E-state index contributed by atoms with van der Waals surface area (Å²) in [4.78, 5) is 23.2. The number of nitrogens with two attached hydrogens (primary N) is 1. The van der Waals surface area contributed by atoms with E-state index in [1.807, 2.05) is 0 Å². The third-order valence-corrected chi connectivity index (χ3v) is 3.21. The lowest BCUT2D eigenvalue weighted by Crippen LogP contribution is -2.31. The van der Waals surface area contributed by atoms with E-state index in [0.717, 1.165) is 0 Å². The average Bonchev–Trinajstić information content (AvgIpc) is 2.67. The van der Waals surface area contributed by atoms with E-state index in [0.29, 0.717) is 18.1 Å². The largest absolute Gasteiger partial charge is 0.384 e. The molecule has 2 atom stereocenters. The Bertz CT molecular complexity index is 464. The van der Waals surface area contributed by atoms with Crippen LogP contribution in [0.1, 0.15) is 6.42 Å². The van der Waals surface area contributed by atoms with Crippen molar-refractivity contribution in [2.75, 3.05) is 6.35 Å². The maximum atomic E-state index is 13.7. The number of aliphatic imine (C=N–C) groups is 1. The standard InChI is InChI=1S/C11H15FN3O3P/c1-7-14-11(13)2-3-15(7)8-4-9(12)10(5-8)18-6-19(16)17/h2-4,8,10,16-17H,1,5-6H2,(H2,13,14). The van der Waals surface area contributed by atoms with Gasteiger partial charge in [0.05, 0.1) is 6.04 Å². The molecular formula is C11H15FN3O3P. The van der Waals surface area contributed by atoms with Crippen molar-refractivity contribution in [2.45, 2.75) is 18.6 Å². The number of hydrogen-bond acceptors (Lipinski definition) is 6. The zero-order chi connectivity index (χ0) is 14.0. The number of hydrogen-bond donors (Lipinski definition) is 3. The highest BCUT2D eigenvalue weighted by Crippen LogP contribution is 2.32. The lowest BCUT2D eigenvalue weighted by atomic mass is 10.2. The quantitative estimate of drug-likeness (QED) is 0.668. The Morgan fingerprint density at radius 2 is 2.37 bits per heavy atom. The molecular weight excluding hydrogens is 272 g/mol. The van der Waals surface area contributed by atoms with Gasteiger partial charge in [0.2, 0.25) is 0 Å². The summed E-state index contributed by atoms with van der Waals surface area (Å²) < 4.78 is 18.8. The first kappa shape index (κ1) is 14.1. The molecule has 0 fully saturated rings. The van der Waals surface area contributed by atoms with Gasteiger partial charge in [-0.15, -0.1) is 0 Å². The number of halogens is 1. The van der Waals surface area contributed by atoms with Crippen LogP contribution >= 0.6 is 8.38 Å². The van der Waals surface area contributed by atoms with Crippen LogP contribution in [0.25, 0.3) is 0 Å². The molecule has 4 N–H and O–H groups in total. The van der Waals surface area contributed by atoms with Crippen LogP contribution in [0.4, 0.5) is 4.39 Å². The second-order valence-corrected chi connectivity index (χ2v) is 5.19. The van der Waals surface area contributed by atoms with Gasteiger partial charge in [-0.1, -0.05) is 6.58 Å². The van der Waals surface area contributed by atoms with Crippen LogP contribution in [0.15, 0.2) is 41.6 Å². The topological polar surface area (TPSA) is 91.3 Å². The fourth-order valence-corrected chi connectivity index (χ4v) is 2.29. The van der Waals surface area contributed by atoms with Crippen molar-refractivity contribution in [3.8, 4) is 0 Å². The first-order chi connectivity index (χ1) is 8.97. The lowest BCUT2D eigenvalue weighted by Gasteiger charge is -2.28. The van der Waals surface area contributed by atoms with E-state index >= 15 is 0 Å². The lowest BCUT2D eigenvalue weighted by molar-refractivity contribution is 0.0844. The molecule has 0 amide bonds. The van der Waals surface area contributed by atoms with Gasteiger partial charge in [-0.2, -0.15) is 0 Å². The Balaban J connectivity index is 1.98. The van der Waals surface area contributed by atoms with Crippen molar-refractivity contribution >= 4 is 14.2 Å². The predicted molar refractivity (Wildman–Crippen MR) is 70.4 cm³/mol. The molecule has 0 radical (unpaired) electrons. The molecule has 0 aromatic heterocycles. The van der Waals surface area contributed by atoms with Crippen LogP contribution in [-0.4, -0.2) is 39.0 Å². The Hall–Kier alpha value is -1.27.